The van der Waals surface area contributed by atoms with E-state index in [0.29, 0.717) is 0 Å². The molecule has 8 heteroatoms. The fourth-order valence-electron chi connectivity index (χ4n) is 4.10. The van der Waals surface area contributed by atoms with E-state index in [1.807, 2.05) is 0 Å². The second kappa shape index (κ2) is 4.93. The molecule has 8 nitrogen and oxygen atoms in total. The first-order valence-electron chi connectivity index (χ1n) is 8.28. The van der Waals surface area contributed by atoms with Crippen molar-refractivity contribution >= 4 is 17.1 Å². The number of ether oxygens (including phenoxy) is 1. The summed E-state index contributed by atoms with van der Waals surface area (Å²) in [4.78, 5) is 25.6. The van der Waals surface area contributed by atoms with Gasteiger partial charge in [0.05, 0.1) is 16.7 Å². The Bertz CT molecular complexity index is 1200. The minimum atomic E-state index is -2.13. The maximum Gasteiger partial charge on any atom is 0.243 e. The highest BCUT2D eigenvalue weighted by molar-refractivity contribution is 6.24. The van der Waals surface area contributed by atoms with E-state index in [0.717, 1.165) is 18.2 Å². The molecule has 0 radical (unpaired) electrons. The van der Waals surface area contributed by atoms with E-state index < -0.39 is 28.9 Å². The predicted octanol–water partition coefficient (Wildman–Crippen LogP) is 1.50. The van der Waals surface area contributed by atoms with E-state index >= 15 is 0 Å². The van der Waals surface area contributed by atoms with Gasteiger partial charge < -0.3 is 30.3 Å². The van der Waals surface area contributed by atoms with Crippen LogP contribution >= 0.6 is 0 Å². The molecular formula is C20H12O8. The largest absolute Gasteiger partial charge is 0.508 e. The summed E-state index contributed by atoms with van der Waals surface area (Å²) < 4.78 is 5.55. The number of fused-ring (bicyclic) bond motifs is 5. The number of phenols is 4. The summed E-state index contributed by atoms with van der Waals surface area (Å²) in [6.45, 7) is 0. The Morgan fingerprint density at radius 3 is 2.25 bits per heavy atom. The van der Waals surface area contributed by atoms with Gasteiger partial charge in [0.25, 0.3) is 0 Å². The average Bonchev–Trinajstić information content (AvgIpc) is 2.85. The topological polar surface area (TPSA) is 145 Å². The molecule has 0 saturated carbocycles. The fourth-order valence-corrected chi connectivity index (χ4v) is 4.10. The molecule has 2 aromatic rings. The van der Waals surface area contributed by atoms with Crippen LogP contribution in [0, 0.1) is 0 Å². The Labute approximate surface area is 156 Å². The van der Waals surface area contributed by atoms with Gasteiger partial charge in [-0.15, -0.1) is 0 Å². The second-order valence-electron chi connectivity index (χ2n) is 6.90. The quantitative estimate of drug-likeness (QED) is 0.462. The van der Waals surface area contributed by atoms with Crippen LogP contribution in [0.3, 0.4) is 0 Å². The van der Waals surface area contributed by atoms with Crippen LogP contribution in [0.1, 0.15) is 31.8 Å². The first-order chi connectivity index (χ1) is 13.2. The number of ketones is 2. The van der Waals surface area contributed by atoms with Crippen LogP contribution < -0.4 is 0 Å². The zero-order valence-corrected chi connectivity index (χ0v) is 14.1. The lowest BCUT2D eigenvalue weighted by Crippen LogP contribution is -2.40. The number of aliphatic hydroxyl groups is 1. The minimum absolute atomic E-state index is 0.0426. The zero-order chi connectivity index (χ0) is 20.0. The van der Waals surface area contributed by atoms with Gasteiger partial charge in [0.2, 0.25) is 5.79 Å². The fraction of sp³-hybridized carbons (Fsp3) is 0.100. The van der Waals surface area contributed by atoms with Crippen molar-refractivity contribution in [3.05, 3.63) is 63.9 Å². The first-order valence-corrected chi connectivity index (χ1v) is 8.28. The van der Waals surface area contributed by atoms with E-state index in [-0.39, 0.29) is 57.1 Å². The number of allylic oxidation sites excluding steroid dienone is 2. The summed E-state index contributed by atoms with van der Waals surface area (Å²) in [7, 11) is 0. The molecule has 0 saturated heterocycles. The Balaban J connectivity index is 1.86. The third-order valence-electron chi connectivity index (χ3n) is 5.11. The number of aromatic hydroxyl groups is 4. The van der Waals surface area contributed by atoms with Gasteiger partial charge in [-0.1, -0.05) is 0 Å². The first kappa shape index (κ1) is 16.4. The number of hydrogen-bond acceptors (Lipinski definition) is 8. The number of carbonyl (C=O) groups excluding carboxylic acids is 2. The minimum Gasteiger partial charge on any atom is -0.508 e. The van der Waals surface area contributed by atoms with Crippen LogP contribution in [0.5, 0.6) is 23.0 Å². The molecule has 2 aromatic carbocycles. The smallest absolute Gasteiger partial charge is 0.243 e. The van der Waals surface area contributed by atoms with Crippen LogP contribution in [-0.2, 0) is 11.2 Å². The van der Waals surface area contributed by atoms with Crippen molar-refractivity contribution in [3.63, 3.8) is 0 Å². The maximum atomic E-state index is 13.2. The molecule has 0 fully saturated rings. The third kappa shape index (κ3) is 1.92. The van der Waals surface area contributed by atoms with Gasteiger partial charge in [-0.25, -0.2) is 0 Å². The van der Waals surface area contributed by atoms with Gasteiger partial charge in [-0.05, 0) is 17.7 Å². The van der Waals surface area contributed by atoms with Gasteiger partial charge in [-0.3, -0.25) is 9.59 Å². The summed E-state index contributed by atoms with van der Waals surface area (Å²) in [5.74, 6) is -5.13. The van der Waals surface area contributed by atoms with Gasteiger partial charge in [0.1, 0.15) is 28.8 Å². The van der Waals surface area contributed by atoms with Gasteiger partial charge >= 0.3 is 0 Å². The van der Waals surface area contributed by atoms with Crippen molar-refractivity contribution in [3.8, 4) is 23.0 Å². The molecule has 5 rings (SSSR count). The highest BCUT2D eigenvalue weighted by Crippen LogP contribution is 2.53. The number of phenolic OH excluding ortho intramolecular Hbond substituents is 4. The molecule has 1 aliphatic heterocycles. The summed E-state index contributed by atoms with van der Waals surface area (Å²) in [6.07, 6.45) is 0.785. The standard InChI is InChI=1S/C20H12O8/c21-8-1-7-6-20(27)18(19(26)15(7)11(23)3-8)17-10-2-9(22)4-12(24)16(10)13(25)5-14(17)28-20/h1-5,21-24,27H,6H2. The average molecular weight is 380 g/mol. The summed E-state index contributed by atoms with van der Waals surface area (Å²) >= 11 is 0. The van der Waals surface area contributed by atoms with Gasteiger partial charge in [0.15, 0.2) is 11.6 Å². The molecule has 0 amide bonds. The van der Waals surface area contributed by atoms with Crippen molar-refractivity contribution in [1.29, 1.82) is 0 Å². The Morgan fingerprint density at radius 2 is 1.54 bits per heavy atom. The summed E-state index contributed by atoms with van der Waals surface area (Å²) in [5.41, 5.74) is -0.166. The molecule has 0 bridgehead atoms. The molecular weight excluding hydrogens is 368 g/mol. The van der Waals surface area contributed by atoms with Crippen LogP contribution in [0.4, 0.5) is 0 Å². The van der Waals surface area contributed by atoms with Crippen molar-refractivity contribution in [1.82, 2.24) is 0 Å². The van der Waals surface area contributed by atoms with E-state index in [4.69, 9.17) is 4.74 Å². The van der Waals surface area contributed by atoms with E-state index in [2.05, 4.69) is 0 Å². The molecule has 1 unspecified atom stereocenters. The molecule has 140 valence electrons. The number of benzene rings is 2. The lowest BCUT2D eigenvalue weighted by molar-refractivity contribution is -0.130. The normalized spacial score (nSPS) is 22.1. The monoisotopic (exact) mass is 380 g/mol. The van der Waals surface area contributed by atoms with Crippen molar-refractivity contribution in [2.75, 3.05) is 0 Å². The molecule has 28 heavy (non-hydrogen) atoms. The molecule has 1 heterocycles. The molecule has 0 spiro atoms. The van der Waals surface area contributed by atoms with Crippen molar-refractivity contribution in [2.45, 2.75) is 12.2 Å². The lowest BCUT2D eigenvalue weighted by Gasteiger charge is -2.30. The molecule has 1 atom stereocenters. The summed E-state index contributed by atoms with van der Waals surface area (Å²) in [5, 5.41) is 50.9. The highest BCUT2D eigenvalue weighted by atomic mass is 16.6. The predicted molar refractivity (Wildman–Crippen MR) is 92.9 cm³/mol. The van der Waals surface area contributed by atoms with Crippen molar-refractivity contribution in [2.24, 2.45) is 0 Å². The number of carbonyl (C=O) groups is 2. The SMILES string of the molecule is O=C1C2=C3C(=CC(=O)c4c(O)cc(O)cc43)OC2(O)Cc2cc(O)cc(O)c21. The molecule has 5 N–H and O–H groups in total. The lowest BCUT2D eigenvalue weighted by atomic mass is 9.78. The van der Waals surface area contributed by atoms with E-state index in [9.17, 15) is 35.1 Å². The van der Waals surface area contributed by atoms with Gasteiger partial charge in [0, 0.05) is 35.8 Å². The van der Waals surface area contributed by atoms with Crippen molar-refractivity contribution < 1.29 is 39.9 Å². The molecule has 3 aliphatic rings. The van der Waals surface area contributed by atoms with Crippen LogP contribution in [0.25, 0.3) is 5.57 Å². The number of Topliss-reactive ketones (excluding diaryl/α,β-unsaturated/α-hetero) is 1. The number of hydrogen-bond donors (Lipinski definition) is 5. The maximum absolute atomic E-state index is 13.2. The van der Waals surface area contributed by atoms with Gasteiger partial charge in [-0.2, -0.15) is 0 Å². The van der Waals surface area contributed by atoms with Crippen LogP contribution in [0.2, 0.25) is 0 Å². The Kier molecular flexibility index (Phi) is 2.89. The number of rotatable bonds is 0. The zero-order valence-electron chi connectivity index (χ0n) is 14.1. The van der Waals surface area contributed by atoms with E-state index in [1.165, 1.54) is 12.1 Å². The molecule has 2 aliphatic carbocycles. The van der Waals surface area contributed by atoms with Crippen LogP contribution in [0.15, 0.2) is 41.7 Å². The third-order valence-corrected chi connectivity index (χ3v) is 5.11. The summed E-state index contributed by atoms with van der Waals surface area (Å²) in [6, 6.07) is 4.43. The van der Waals surface area contributed by atoms with Crippen LogP contribution in [-0.4, -0.2) is 42.9 Å². The Hall–Kier alpha value is -3.78. The highest BCUT2D eigenvalue weighted by Gasteiger charge is 2.54. The Morgan fingerprint density at radius 1 is 0.893 bits per heavy atom. The van der Waals surface area contributed by atoms with E-state index in [1.54, 1.807) is 0 Å². The second-order valence-corrected chi connectivity index (χ2v) is 6.90. The molecule has 0 aromatic heterocycles.